The van der Waals surface area contributed by atoms with E-state index in [1.807, 2.05) is 6.07 Å². The van der Waals surface area contributed by atoms with Crippen molar-refractivity contribution in [1.82, 2.24) is 0 Å². The molecular weight excluding hydrogens is 194 g/mol. The third-order valence-corrected chi connectivity index (χ3v) is 1.81. The smallest absolute Gasteiger partial charge is 0.165 e. The minimum absolute atomic E-state index is 0.0883. The first-order valence-electron chi connectivity index (χ1n) is 4.16. The molecule has 0 radical (unpaired) electrons. The molecule has 15 heavy (non-hydrogen) atoms. The molecule has 76 valence electrons. The Morgan fingerprint density at radius 1 is 1.53 bits per heavy atom. The topological polar surface area (TPSA) is 70.3 Å². The van der Waals surface area contributed by atoms with Crippen molar-refractivity contribution in [2.24, 2.45) is 0 Å². The van der Waals surface area contributed by atoms with Gasteiger partial charge in [-0.1, -0.05) is 0 Å². The highest BCUT2D eigenvalue weighted by atomic mass is 16.5. The monoisotopic (exact) mass is 203 g/mol. The highest BCUT2D eigenvalue weighted by Crippen LogP contribution is 2.31. The maximum atomic E-state index is 10.1. The van der Waals surface area contributed by atoms with Crippen LogP contribution in [0, 0.1) is 11.3 Å². The van der Waals surface area contributed by atoms with Crippen molar-refractivity contribution < 1.29 is 14.6 Å². The molecule has 0 unspecified atom stereocenters. The molecule has 0 bridgehead atoms. The summed E-state index contributed by atoms with van der Waals surface area (Å²) >= 11 is 0. The fourth-order valence-corrected chi connectivity index (χ4v) is 1.12. The molecule has 0 aliphatic heterocycles. The van der Waals surface area contributed by atoms with Crippen molar-refractivity contribution in [3.8, 4) is 17.6 Å². The number of aldehydes is 1. The lowest BCUT2D eigenvalue weighted by molar-refractivity contribution is -0.104. The second-order valence-electron chi connectivity index (χ2n) is 2.72. The van der Waals surface area contributed by atoms with Gasteiger partial charge in [-0.15, -0.1) is 0 Å². The molecule has 0 aliphatic rings. The first-order valence-corrected chi connectivity index (χ1v) is 4.16. The van der Waals surface area contributed by atoms with Crippen LogP contribution in [-0.2, 0) is 4.79 Å². The average molecular weight is 203 g/mol. The van der Waals surface area contributed by atoms with E-state index in [1.54, 1.807) is 0 Å². The number of hydrogen-bond acceptors (Lipinski definition) is 4. The third kappa shape index (κ3) is 2.35. The van der Waals surface area contributed by atoms with Crippen LogP contribution in [-0.4, -0.2) is 18.5 Å². The van der Waals surface area contributed by atoms with Crippen LogP contribution in [0.15, 0.2) is 18.2 Å². The lowest BCUT2D eigenvalue weighted by atomic mass is 10.1. The molecular formula is C11H9NO3. The van der Waals surface area contributed by atoms with Crippen molar-refractivity contribution in [1.29, 1.82) is 5.26 Å². The Bertz CT molecular complexity index is 444. The van der Waals surface area contributed by atoms with E-state index < -0.39 is 0 Å². The second-order valence-corrected chi connectivity index (χ2v) is 2.72. The van der Waals surface area contributed by atoms with E-state index in [4.69, 9.17) is 10.00 Å². The van der Waals surface area contributed by atoms with E-state index in [0.29, 0.717) is 17.4 Å². The maximum Gasteiger partial charge on any atom is 0.165 e. The zero-order valence-corrected chi connectivity index (χ0v) is 8.10. The van der Waals surface area contributed by atoms with Crippen LogP contribution in [0.25, 0.3) is 6.08 Å². The number of allylic oxidation sites excluding steroid dienone is 1. The van der Waals surface area contributed by atoms with Gasteiger partial charge in [0.05, 0.1) is 18.7 Å². The van der Waals surface area contributed by atoms with Crippen LogP contribution in [0.2, 0.25) is 0 Å². The number of carbonyl (C=O) groups is 1. The molecule has 0 aliphatic carbocycles. The molecule has 0 heterocycles. The van der Waals surface area contributed by atoms with Gasteiger partial charge < -0.3 is 9.84 Å². The molecule has 0 aromatic heterocycles. The number of aromatic hydroxyl groups is 1. The van der Waals surface area contributed by atoms with E-state index in [0.717, 1.165) is 0 Å². The van der Waals surface area contributed by atoms with Gasteiger partial charge in [0.2, 0.25) is 0 Å². The molecule has 1 rings (SSSR count). The van der Waals surface area contributed by atoms with Gasteiger partial charge >= 0.3 is 0 Å². The van der Waals surface area contributed by atoms with Crippen molar-refractivity contribution in [3.63, 3.8) is 0 Å². The van der Waals surface area contributed by atoms with E-state index in [1.165, 1.54) is 31.4 Å². The van der Waals surface area contributed by atoms with Gasteiger partial charge in [0.15, 0.2) is 11.5 Å². The highest BCUT2D eigenvalue weighted by molar-refractivity contribution is 5.76. The molecule has 0 atom stereocenters. The summed E-state index contributed by atoms with van der Waals surface area (Å²) < 4.78 is 4.88. The maximum absolute atomic E-state index is 10.1. The minimum atomic E-state index is -0.0883. The van der Waals surface area contributed by atoms with Gasteiger partial charge in [-0.05, 0) is 18.2 Å². The summed E-state index contributed by atoms with van der Waals surface area (Å²) in [6.07, 6.45) is 3.23. The number of methoxy groups -OCH3 is 1. The number of carbonyl (C=O) groups excluding carboxylic acids is 1. The first-order chi connectivity index (χ1) is 7.22. The first kappa shape index (κ1) is 10.8. The Labute approximate surface area is 87.0 Å². The van der Waals surface area contributed by atoms with E-state index in [9.17, 15) is 9.90 Å². The fraction of sp³-hybridized carbons (Fsp3) is 0.0909. The van der Waals surface area contributed by atoms with Crippen molar-refractivity contribution in [2.75, 3.05) is 7.11 Å². The normalized spacial score (nSPS) is 9.87. The molecule has 0 saturated carbocycles. The van der Waals surface area contributed by atoms with Gasteiger partial charge in [0.25, 0.3) is 0 Å². The van der Waals surface area contributed by atoms with Crippen LogP contribution >= 0.6 is 0 Å². The zero-order valence-electron chi connectivity index (χ0n) is 8.10. The Kier molecular flexibility index (Phi) is 3.47. The van der Waals surface area contributed by atoms with Crippen LogP contribution in [0.1, 0.15) is 11.1 Å². The number of nitriles is 1. The summed E-state index contributed by atoms with van der Waals surface area (Å²) in [7, 11) is 1.39. The van der Waals surface area contributed by atoms with Gasteiger partial charge in [-0.25, -0.2) is 0 Å². The predicted molar refractivity (Wildman–Crippen MR) is 54.5 cm³/mol. The highest BCUT2D eigenvalue weighted by Gasteiger charge is 2.07. The lowest BCUT2D eigenvalue weighted by Gasteiger charge is -2.06. The molecule has 1 N–H and O–H groups in total. The Morgan fingerprint density at radius 2 is 2.27 bits per heavy atom. The van der Waals surface area contributed by atoms with Crippen molar-refractivity contribution in [2.45, 2.75) is 0 Å². The molecule has 0 saturated heterocycles. The number of benzene rings is 1. The minimum Gasteiger partial charge on any atom is -0.504 e. The zero-order chi connectivity index (χ0) is 11.3. The SMILES string of the molecule is COc1cc(C#N)cc(C=CC=O)c1O. The quantitative estimate of drug-likeness (QED) is 0.596. The largest absolute Gasteiger partial charge is 0.504 e. The summed E-state index contributed by atoms with van der Waals surface area (Å²) in [5.41, 5.74) is 0.730. The van der Waals surface area contributed by atoms with Crippen LogP contribution < -0.4 is 4.74 Å². The van der Waals surface area contributed by atoms with Gasteiger partial charge in [-0.3, -0.25) is 4.79 Å². The molecule has 0 spiro atoms. The second kappa shape index (κ2) is 4.82. The van der Waals surface area contributed by atoms with Crippen molar-refractivity contribution in [3.05, 3.63) is 29.3 Å². The predicted octanol–water partition coefficient (Wildman–Crippen LogP) is 1.48. The Balaban J connectivity index is 3.31. The number of rotatable bonds is 3. The number of nitrogens with zero attached hydrogens (tertiary/aromatic N) is 1. The third-order valence-electron chi connectivity index (χ3n) is 1.81. The van der Waals surface area contributed by atoms with Crippen LogP contribution in [0.3, 0.4) is 0 Å². The Morgan fingerprint density at radius 3 is 2.80 bits per heavy atom. The fourth-order valence-electron chi connectivity index (χ4n) is 1.12. The molecule has 0 amide bonds. The molecule has 1 aromatic rings. The van der Waals surface area contributed by atoms with Crippen LogP contribution in [0.5, 0.6) is 11.5 Å². The number of phenols is 1. The van der Waals surface area contributed by atoms with Gasteiger partial charge in [-0.2, -0.15) is 5.26 Å². The van der Waals surface area contributed by atoms with E-state index in [-0.39, 0.29) is 11.5 Å². The van der Waals surface area contributed by atoms with E-state index >= 15 is 0 Å². The summed E-state index contributed by atoms with van der Waals surface area (Å²) in [5.74, 6) is 0.120. The standard InChI is InChI=1S/C11H9NO3/c1-15-10-6-8(7-12)5-9(11(10)14)3-2-4-13/h2-6,14H,1H3. The summed E-state index contributed by atoms with van der Waals surface area (Å²) in [6.45, 7) is 0. The van der Waals surface area contributed by atoms with Crippen LogP contribution in [0.4, 0.5) is 0 Å². The molecule has 4 nitrogen and oxygen atoms in total. The average Bonchev–Trinajstić information content (AvgIpc) is 2.27. The summed E-state index contributed by atoms with van der Waals surface area (Å²) in [5, 5.41) is 18.4. The van der Waals surface area contributed by atoms with E-state index in [2.05, 4.69) is 0 Å². The number of phenolic OH excluding ortho intramolecular Hbond substituents is 1. The Hall–Kier alpha value is -2.28. The summed E-state index contributed by atoms with van der Waals surface area (Å²) in [6, 6.07) is 4.83. The lowest BCUT2D eigenvalue weighted by Crippen LogP contribution is -1.88. The molecule has 1 aromatic carbocycles. The molecule has 4 heteroatoms. The summed E-state index contributed by atoms with van der Waals surface area (Å²) in [4.78, 5) is 10.1. The van der Waals surface area contributed by atoms with Crippen molar-refractivity contribution >= 4 is 12.4 Å². The number of ether oxygens (including phenoxy) is 1. The van der Waals surface area contributed by atoms with Gasteiger partial charge in [0, 0.05) is 11.6 Å². The van der Waals surface area contributed by atoms with Gasteiger partial charge in [0.1, 0.15) is 6.29 Å². The molecule has 0 fully saturated rings. The number of hydrogen-bond donors (Lipinski definition) is 1.